The van der Waals surface area contributed by atoms with Crippen LogP contribution in [-0.4, -0.2) is 29.6 Å². The van der Waals surface area contributed by atoms with Gasteiger partial charge in [0, 0.05) is 10.1 Å². The summed E-state index contributed by atoms with van der Waals surface area (Å²) in [5.41, 5.74) is 4.89. The summed E-state index contributed by atoms with van der Waals surface area (Å²) in [5.74, 6) is -1.32. The number of carbonyl (C=O) groups excluding carboxylic acids is 2. The highest BCUT2D eigenvalue weighted by Crippen LogP contribution is 2.34. The van der Waals surface area contributed by atoms with E-state index in [1.165, 1.54) is 11.3 Å². The summed E-state index contributed by atoms with van der Waals surface area (Å²) in [6.07, 6.45) is -1.41. The van der Waals surface area contributed by atoms with Gasteiger partial charge in [0.15, 0.2) is 0 Å². The molecule has 0 aliphatic heterocycles. The van der Waals surface area contributed by atoms with Crippen molar-refractivity contribution in [2.45, 2.75) is 6.10 Å². The van der Waals surface area contributed by atoms with Crippen LogP contribution in [0.4, 0.5) is 0 Å². The number of nitrogens with one attached hydrogen (secondary N) is 1. The zero-order chi connectivity index (χ0) is 14.0. The largest absolute Gasteiger partial charge is 0.381 e. The number of amides is 2. The van der Waals surface area contributed by atoms with Gasteiger partial charge in [-0.15, -0.1) is 11.3 Å². The Labute approximate surface area is 118 Å². The summed E-state index contributed by atoms with van der Waals surface area (Å²) in [6, 6.07) is 7.37. The number of primary amides is 1. The van der Waals surface area contributed by atoms with Crippen LogP contribution in [0, 0.1) is 0 Å². The number of benzene rings is 1. The molecule has 0 aliphatic carbocycles. The summed E-state index contributed by atoms with van der Waals surface area (Å²) < 4.78 is 0.896. The van der Waals surface area contributed by atoms with Crippen LogP contribution in [0.15, 0.2) is 24.3 Å². The first kappa shape index (κ1) is 13.8. The van der Waals surface area contributed by atoms with Crippen LogP contribution in [0.5, 0.6) is 0 Å². The fourth-order valence-corrected chi connectivity index (χ4v) is 2.96. The first-order valence-corrected chi connectivity index (χ1v) is 6.62. The fourth-order valence-electron chi connectivity index (χ4n) is 1.53. The molecule has 1 aromatic heterocycles. The first-order valence-electron chi connectivity index (χ1n) is 5.43. The molecule has 0 fully saturated rings. The van der Waals surface area contributed by atoms with Gasteiger partial charge < -0.3 is 16.2 Å². The van der Waals surface area contributed by atoms with Crippen LogP contribution in [0.2, 0.25) is 5.02 Å². The lowest BCUT2D eigenvalue weighted by Gasteiger charge is -2.07. The fraction of sp³-hybridized carbons (Fsp3) is 0.167. The van der Waals surface area contributed by atoms with Crippen LogP contribution in [-0.2, 0) is 4.79 Å². The van der Waals surface area contributed by atoms with Gasteiger partial charge in [-0.2, -0.15) is 0 Å². The summed E-state index contributed by atoms with van der Waals surface area (Å²) >= 11 is 7.38. The molecular formula is C12H11ClN2O3S. The highest BCUT2D eigenvalue weighted by molar-refractivity contribution is 7.21. The van der Waals surface area contributed by atoms with Gasteiger partial charge in [-0.3, -0.25) is 9.59 Å². The minimum absolute atomic E-state index is 0.237. The molecule has 0 bridgehead atoms. The molecule has 0 saturated heterocycles. The SMILES string of the molecule is NC(=O)C(O)CNC(=O)c1sc2ccccc2c1Cl. The minimum Gasteiger partial charge on any atom is -0.381 e. The number of aliphatic hydroxyl groups excluding tert-OH is 1. The molecule has 1 aromatic carbocycles. The summed E-state index contributed by atoms with van der Waals surface area (Å²) in [4.78, 5) is 22.9. The lowest BCUT2D eigenvalue weighted by Crippen LogP contribution is -2.39. The van der Waals surface area contributed by atoms with E-state index in [9.17, 15) is 14.7 Å². The van der Waals surface area contributed by atoms with Crippen molar-refractivity contribution in [3.8, 4) is 0 Å². The lowest BCUT2D eigenvalue weighted by molar-refractivity contribution is -0.125. The second-order valence-electron chi connectivity index (χ2n) is 3.87. The molecule has 1 heterocycles. The van der Waals surface area contributed by atoms with Gasteiger partial charge in [-0.25, -0.2) is 0 Å². The Kier molecular flexibility index (Phi) is 4.04. The van der Waals surface area contributed by atoms with E-state index in [1.807, 2.05) is 24.3 Å². The number of aliphatic hydroxyl groups is 1. The number of hydrogen-bond donors (Lipinski definition) is 3. The van der Waals surface area contributed by atoms with E-state index < -0.39 is 17.9 Å². The normalized spacial score (nSPS) is 12.3. The number of nitrogens with two attached hydrogens (primary N) is 1. The van der Waals surface area contributed by atoms with E-state index in [4.69, 9.17) is 17.3 Å². The van der Waals surface area contributed by atoms with Crippen molar-refractivity contribution >= 4 is 44.8 Å². The van der Waals surface area contributed by atoms with Gasteiger partial charge in [-0.05, 0) is 6.07 Å². The maximum Gasteiger partial charge on any atom is 0.263 e. The van der Waals surface area contributed by atoms with Gasteiger partial charge >= 0.3 is 0 Å². The molecule has 2 rings (SSSR count). The Morgan fingerprint density at radius 1 is 1.42 bits per heavy atom. The third-order valence-corrected chi connectivity index (χ3v) is 4.20. The topological polar surface area (TPSA) is 92.4 Å². The quantitative estimate of drug-likeness (QED) is 0.790. The van der Waals surface area contributed by atoms with Crippen molar-refractivity contribution in [3.05, 3.63) is 34.2 Å². The van der Waals surface area contributed by atoms with Gasteiger partial charge in [0.1, 0.15) is 11.0 Å². The molecule has 4 N–H and O–H groups in total. The molecular weight excluding hydrogens is 288 g/mol. The molecule has 5 nitrogen and oxygen atoms in total. The molecule has 0 radical (unpaired) electrons. The molecule has 2 aromatic rings. The molecule has 0 saturated carbocycles. The predicted octanol–water partition coefficient (Wildman–Crippen LogP) is 1.13. The molecule has 2 amide bonds. The second kappa shape index (κ2) is 5.56. The Morgan fingerprint density at radius 2 is 2.11 bits per heavy atom. The summed E-state index contributed by atoms with van der Waals surface area (Å²) in [6.45, 7) is -0.237. The van der Waals surface area contributed by atoms with E-state index >= 15 is 0 Å². The summed E-state index contributed by atoms with van der Waals surface area (Å²) in [5, 5.41) is 12.8. The molecule has 7 heteroatoms. The second-order valence-corrected chi connectivity index (χ2v) is 5.30. The minimum atomic E-state index is -1.41. The van der Waals surface area contributed by atoms with Crippen LogP contribution in [0.3, 0.4) is 0 Å². The number of thiophene rings is 1. The number of halogens is 1. The molecule has 0 aliphatic rings. The first-order chi connectivity index (χ1) is 9.00. The van der Waals surface area contributed by atoms with Crippen LogP contribution >= 0.6 is 22.9 Å². The monoisotopic (exact) mass is 298 g/mol. The highest BCUT2D eigenvalue weighted by Gasteiger charge is 2.18. The van der Waals surface area contributed by atoms with Gasteiger partial charge in [0.2, 0.25) is 5.91 Å². The van der Waals surface area contributed by atoms with Crippen LogP contribution < -0.4 is 11.1 Å². The average Bonchev–Trinajstić information content (AvgIpc) is 2.73. The smallest absolute Gasteiger partial charge is 0.263 e. The van der Waals surface area contributed by atoms with E-state index in [-0.39, 0.29) is 6.54 Å². The molecule has 100 valence electrons. The van der Waals surface area contributed by atoms with Gasteiger partial charge in [0.05, 0.1) is 11.6 Å². The number of carbonyl (C=O) groups is 2. The zero-order valence-electron chi connectivity index (χ0n) is 9.72. The van der Waals surface area contributed by atoms with Gasteiger partial charge in [-0.1, -0.05) is 29.8 Å². The van der Waals surface area contributed by atoms with E-state index in [2.05, 4.69) is 5.32 Å². The maximum atomic E-state index is 11.9. The van der Waals surface area contributed by atoms with Crippen molar-refractivity contribution in [1.29, 1.82) is 0 Å². The van der Waals surface area contributed by atoms with Crippen molar-refractivity contribution in [1.82, 2.24) is 5.32 Å². The average molecular weight is 299 g/mol. The van der Waals surface area contributed by atoms with Crippen molar-refractivity contribution < 1.29 is 14.7 Å². The number of rotatable bonds is 4. The third-order valence-electron chi connectivity index (χ3n) is 2.53. The van der Waals surface area contributed by atoms with Crippen molar-refractivity contribution in [3.63, 3.8) is 0 Å². The zero-order valence-corrected chi connectivity index (χ0v) is 11.3. The van der Waals surface area contributed by atoms with E-state index in [0.29, 0.717) is 9.90 Å². The molecule has 0 spiro atoms. The van der Waals surface area contributed by atoms with Crippen LogP contribution in [0.25, 0.3) is 10.1 Å². The molecule has 1 unspecified atom stereocenters. The summed E-state index contributed by atoms with van der Waals surface area (Å²) in [7, 11) is 0. The van der Waals surface area contributed by atoms with Crippen molar-refractivity contribution in [2.24, 2.45) is 5.73 Å². The predicted molar refractivity (Wildman–Crippen MR) is 74.4 cm³/mol. The molecule has 19 heavy (non-hydrogen) atoms. The van der Waals surface area contributed by atoms with Crippen LogP contribution in [0.1, 0.15) is 9.67 Å². The lowest BCUT2D eigenvalue weighted by atomic mass is 10.2. The van der Waals surface area contributed by atoms with E-state index in [0.717, 1.165) is 10.1 Å². The maximum absolute atomic E-state index is 11.9. The van der Waals surface area contributed by atoms with Gasteiger partial charge in [0.25, 0.3) is 5.91 Å². The van der Waals surface area contributed by atoms with E-state index in [1.54, 1.807) is 0 Å². The number of hydrogen-bond acceptors (Lipinski definition) is 4. The standard InChI is InChI=1S/C12H11ClN2O3S/c13-9-6-3-1-2-4-8(6)19-10(9)12(18)15-5-7(16)11(14)17/h1-4,7,16H,5H2,(H2,14,17)(H,15,18). The van der Waals surface area contributed by atoms with Crippen molar-refractivity contribution in [2.75, 3.05) is 6.54 Å². The molecule has 1 atom stereocenters. The third kappa shape index (κ3) is 2.86. The Bertz CT molecular complexity index is 641. The number of fused-ring (bicyclic) bond motifs is 1. The Balaban J connectivity index is 2.18. The highest BCUT2D eigenvalue weighted by atomic mass is 35.5. The Morgan fingerprint density at radius 3 is 2.74 bits per heavy atom. The Hall–Kier alpha value is -1.63.